The number of halogens is 3. The molecular weight excluding hydrogens is 416 g/mol. The molecule has 11 heteroatoms. The first-order chi connectivity index (χ1) is 13.1. The third-order valence-electron chi connectivity index (χ3n) is 4.97. The monoisotopic (exact) mass is 435 g/mol. The third-order valence-corrected chi connectivity index (χ3v) is 7.13. The molecule has 1 fully saturated rings. The second kappa shape index (κ2) is 7.66. The standard InChI is InChI=1S/C17H20ClF2N3O4S/c1-11-10-17(25,16(19)20)23(21-11)15(24)12-6-8-22(9-7-12)28(26,27)14-4-2-13(18)3-5-14/h2-5,12,16,25H,6-10H2,1H3. The summed E-state index contributed by atoms with van der Waals surface area (Å²) in [6, 6.07) is 5.76. The molecule has 154 valence electrons. The van der Waals surface area contributed by atoms with E-state index in [1.54, 1.807) is 0 Å². The van der Waals surface area contributed by atoms with Gasteiger partial charge in [-0.2, -0.15) is 14.4 Å². The minimum atomic E-state index is -3.74. The molecule has 0 bridgehead atoms. The van der Waals surface area contributed by atoms with Crippen LogP contribution in [0.2, 0.25) is 5.02 Å². The number of hydrogen-bond donors (Lipinski definition) is 1. The highest BCUT2D eigenvalue weighted by atomic mass is 35.5. The number of benzene rings is 1. The van der Waals surface area contributed by atoms with Gasteiger partial charge in [-0.25, -0.2) is 17.2 Å². The van der Waals surface area contributed by atoms with E-state index in [9.17, 15) is 27.1 Å². The summed E-state index contributed by atoms with van der Waals surface area (Å²) in [6.45, 7) is 1.58. The molecule has 7 nitrogen and oxygen atoms in total. The summed E-state index contributed by atoms with van der Waals surface area (Å²) in [6.07, 6.45) is -3.28. The van der Waals surface area contributed by atoms with Crippen LogP contribution in [0.5, 0.6) is 0 Å². The van der Waals surface area contributed by atoms with Crippen LogP contribution in [-0.2, 0) is 14.8 Å². The van der Waals surface area contributed by atoms with Gasteiger partial charge in [-0.1, -0.05) is 11.6 Å². The molecule has 0 radical (unpaired) electrons. The summed E-state index contributed by atoms with van der Waals surface area (Å²) in [4.78, 5) is 12.8. The largest absolute Gasteiger partial charge is 0.364 e. The summed E-state index contributed by atoms with van der Waals surface area (Å²) >= 11 is 5.78. The van der Waals surface area contributed by atoms with E-state index in [0.717, 1.165) is 0 Å². The predicted molar refractivity (Wildman–Crippen MR) is 98.5 cm³/mol. The Bertz CT molecular complexity index is 886. The van der Waals surface area contributed by atoms with E-state index in [4.69, 9.17) is 11.6 Å². The van der Waals surface area contributed by atoms with Gasteiger partial charge in [0.25, 0.3) is 6.43 Å². The van der Waals surface area contributed by atoms with Crippen LogP contribution < -0.4 is 0 Å². The Morgan fingerprint density at radius 3 is 2.39 bits per heavy atom. The molecule has 1 aromatic carbocycles. The van der Waals surface area contributed by atoms with Crippen molar-refractivity contribution >= 4 is 33.2 Å². The van der Waals surface area contributed by atoms with E-state index in [1.807, 2.05) is 0 Å². The molecule has 0 saturated carbocycles. The smallest absolute Gasteiger partial charge is 0.287 e. The summed E-state index contributed by atoms with van der Waals surface area (Å²) in [5.41, 5.74) is -2.41. The van der Waals surface area contributed by atoms with Gasteiger partial charge < -0.3 is 5.11 Å². The zero-order valence-electron chi connectivity index (χ0n) is 15.1. The molecular formula is C17H20ClF2N3O4S. The SMILES string of the molecule is CC1=NN(C(=O)C2CCN(S(=O)(=O)c3ccc(Cl)cc3)CC2)C(O)(C(F)F)C1. The van der Waals surface area contributed by atoms with Crippen LogP contribution in [0.1, 0.15) is 26.2 Å². The van der Waals surface area contributed by atoms with E-state index in [1.165, 1.54) is 35.5 Å². The maximum absolute atomic E-state index is 13.3. The van der Waals surface area contributed by atoms with Crippen LogP contribution in [0, 0.1) is 5.92 Å². The van der Waals surface area contributed by atoms with Crippen LogP contribution in [0.15, 0.2) is 34.3 Å². The molecule has 2 aliphatic heterocycles. The van der Waals surface area contributed by atoms with Crippen molar-refractivity contribution in [2.45, 2.75) is 43.2 Å². The lowest BCUT2D eigenvalue weighted by atomic mass is 9.96. The van der Waals surface area contributed by atoms with Crippen molar-refractivity contribution in [3.8, 4) is 0 Å². The predicted octanol–water partition coefficient (Wildman–Crippen LogP) is 2.30. The minimum absolute atomic E-state index is 0.0605. The Morgan fingerprint density at radius 2 is 1.86 bits per heavy atom. The minimum Gasteiger partial charge on any atom is -0.364 e. The molecule has 1 aromatic rings. The van der Waals surface area contributed by atoms with Crippen LogP contribution >= 0.6 is 11.6 Å². The number of hydrogen-bond acceptors (Lipinski definition) is 5. The molecule has 2 aliphatic rings. The average Bonchev–Trinajstić information content (AvgIpc) is 2.97. The van der Waals surface area contributed by atoms with Gasteiger partial charge in [0, 0.05) is 36.2 Å². The number of carbonyl (C=O) groups is 1. The zero-order chi connectivity index (χ0) is 20.7. The molecule has 2 heterocycles. The van der Waals surface area contributed by atoms with E-state index < -0.39 is 40.4 Å². The van der Waals surface area contributed by atoms with Gasteiger partial charge in [0.2, 0.25) is 21.7 Å². The fourth-order valence-corrected chi connectivity index (χ4v) is 5.02. The molecule has 28 heavy (non-hydrogen) atoms. The van der Waals surface area contributed by atoms with Crippen molar-refractivity contribution in [3.63, 3.8) is 0 Å². The molecule has 1 N–H and O–H groups in total. The number of piperidine rings is 1. The fourth-order valence-electron chi connectivity index (χ4n) is 3.43. The Hall–Kier alpha value is -1.62. The topological polar surface area (TPSA) is 90.3 Å². The van der Waals surface area contributed by atoms with Crippen molar-refractivity contribution in [3.05, 3.63) is 29.3 Å². The van der Waals surface area contributed by atoms with Crippen molar-refractivity contribution in [2.24, 2.45) is 11.0 Å². The summed E-state index contributed by atoms with van der Waals surface area (Å²) in [5, 5.41) is 14.8. The van der Waals surface area contributed by atoms with Crippen molar-refractivity contribution in [1.82, 2.24) is 9.31 Å². The van der Waals surface area contributed by atoms with Crippen LogP contribution in [0.25, 0.3) is 0 Å². The maximum atomic E-state index is 13.3. The molecule has 1 atom stereocenters. The second-order valence-corrected chi connectivity index (χ2v) is 9.35. The molecule has 0 spiro atoms. The molecule has 1 amide bonds. The van der Waals surface area contributed by atoms with Gasteiger partial charge in [-0.3, -0.25) is 4.79 Å². The van der Waals surface area contributed by atoms with Gasteiger partial charge in [-0.05, 0) is 44.0 Å². The summed E-state index contributed by atoms with van der Waals surface area (Å²) < 4.78 is 53.2. The average molecular weight is 436 g/mol. The zero-order valence-corrected chi connectivity index (χ0v) is 16.6. The molecule has 1 unspecified atom stereocenters. The van der Waals surface area contributed by atoms with Gasteiger partial charge in [0.05, 0.1) is 4.90 Å². The highest BCUT2D eigenvalue weighted by Crippen LogP contribution is 2.34. The maximum Gasteiger partial charge on any atom is 0.287 e. The van der Waals surface area contributed by atoms with Crippen molar-refractivity contribution < 1.29 is 27.1 Å². The normalized spacial score (nSPS) is 24.6. The quantitative estimate of drug-likeness (QED) is 0.785. The van der Waals surface area contributed by atoms with Gasteiger partial charge in [0.1, 0.15) is 0 Å². The lowest BCUT2D eigenvalue weighted by Gasteiger charge is -2.35. The van der Waals surface area contributed by atoms with Gasteiger partial charge >= 0.3 is 0 Å². The Balaban J connectivity index is 1.70. The van der Waals surface area contributed by atoms with Gasteiger partial charge in [-0.15, -0.1) is 0 Å². The lowest BCUT2D eigenvalue weighted by molar-refractivity contribution is -0.195. The van der Waals surface area contributed by atoms with Crippen molar-refractivity contribution in [2.75, 3.05) is 13.1 Å². The van der Waals surface area contributed by atoms with E-state index in [2.05, 4.69) is 5.10 Å². The number of rotatable bonds is 4. The first kappa shape index (κ1) is 21.1. The Morgan fingerprint density at radius 1 is 1.29 bits per heavy atom. The van der Waals surface area contributed by atoms with Gasteiger partial charge in [0.15, 0.2) is 0 Å². The third kappa shape index (κ3) is 3.78. The fraction of sp³-hybridized carbons (Fsp3) is 0.529. The number of hydrazone groups is 1. The summed E-state index contributed by atoms with van der Waals surface area (Å²) in [5.74, 6) is -1.42. The number of alkyl halides is 2. The Labute approximate surface area is 166 Å². The van der Waals surface area contributed by atoms with Crippen molar-refractivity contribution in [1.29, 1.82) is 0 Å². The molecule has 0 aliphatic carbocycles. The number of aliphatic hydroxyl groups is 1. The van der Waals surface area contributed by atoms with E-state index in [0.29, 0.717) is 10.0 Å². The van der Waals surface area contributed by atoms with Crippen LogP contribution in [-0.4, -0.2) is 59.7 Å². The number of carbonyl (C=O) groups excluding carboxylic acids is 1. The highest BCUT2D eigenvalue weighted by molar-refractivity contribution is 7.89. The lowest BCUT2D eigenvalue weighted by Crippen LogP contribution is -2.54. The molecule has 1 saturated heterocycles. The Kier molecular flexibility index (Phi) is 5.77. The second-order valence-electron chi connectivity index (χ2n) is 6.97. The first-order valence-electron chi connectivity index (χ1n) is 8.70. The highest BCUT2D eigenvalue weighted by Gasteiger charge is 2.52. The first-order valence-corrected chi connectivity index (χ1v) is 10.5. The molecule has 0 aromatic heterocycles. The van der Waals surface area contributed by atoms with E-state index >= 15 is 0 Å². The molecule has 3 rings (SSSR count). The number of amides is 1. The van der Waals surface area contributed by atoms with Crippen LogP contribution in [0.4, 0.5) is 8.78 Å². The number of sulfonamides is 1. The summed E-state index contributed by atoms with van der Waals surface area (Å²) in [7, 11) is -3.74. The number of nitrogens with zero attached hydrogens (tertiary/aromatic N) is 3. The van der Waals surface area contributed by atoms with Crippen LogP contribution in [0.3, 0.4) is 0 Å². The van der Waals surface area contributed by atoms with E-state index in [-0.39, 0.29) is 36.5 Å².